The molecule has 0 spiro atoms. The molecule has 0 unspecified atom stereocenters. The average molecular weight is 363 g/mol. The summed E-state index contributed by atoms with van der Waals surface area (Å²) < 4.78 is 20.8. The van der Waals surface area contributed by atoms with Crippen molar-refractivity contribution in [2.45, 2.75) is 13.3 Å². The van der Waals surface area contributed by atoms with Gasteiger partial charge in [-0.15, -0.1) is 0 Å². The van der Waals surface area contributed by atoms with Gasteiger partial charge in [0.2, 0.25) is 0 Å². The molecular weight excluding hydrogens is 345 g/mol. The van der Waals surface area contributed by atoms with Crippen LogP contribution in [0.25, 0.3) is 16.7 Å². The minimum atomic E-state index is -0.353. The third-order valence-corrected chi connectivity index (χ3v) is 4.46. The van der Waals surface area contributed by atoms with Crippen LogP contribution in [0, 0.1) is 12.7 Å². The normalized spacial score (nSPS) is 11.0. The molecule has 136 valence electrons. The van der Waals surface area contributed by atoms with E-state index in [4.69, 9.17) is 4.42 Å². The van der Waals surface area contributed by atoms with Crippen LogP contribution in [0.3, 0.4) is 0 Å². The molecule has 6 heteroatoms. The highest BCUT2D eigenvalue weighted by Crippen LogP contribution is 2.25. The molecule has 0 aliphatic rings. The maximum atomic E-state index is 13.4. The van der Waals surface area contributed by atoms with Crippen LogP contribution in [0.2, 0.25) is 0 Å². The van der Waals surface area contributed by atoms with Crippen LogP contribution in [0.4, 0.5) is 4.39 Å². The Morgan fingerprint density at radius 3 is 2.85 bits per heavy atom. The van der Waals surface area contributed by atoms with Gasteiger partial charge in [-0.25, -0.2) is 9.07 Å². The lowest BCUT2D eigenvalue weighted by Gasteiger charge is -2.03. The fourth-order valence-corrected chi connectivity index (χ4v) is 3.02. The zero-order chi connectivity index (χ0) is 18.8. The number of para-hydroxylation sites is 1. The second-order valence-electron chi connectivity index (χ2n) is 6.33. The van der Waals surface area contributed by atoms with Crippen molar-refractivity contribution in [2.75, 3.05) is 6.54 Å². The lowest BCUT2D eigenvalue weighted by atomic mass is 10.1. The van der Waals surface area contributed by atoms with Crippen LogP contribution >= 0.6 is 0 Å². The lowest BCUT2D eigenvalue weighted by molar-refractivity contribution is 0.0928. The van der Waals surface area contributed by atoms with Gasteiger partial charge in [0.05, 0.1) is 11.9 Å². The van der Waals surface area contributed by atoms with Crippen molar-refractivity contribution in [1.29, 1.82) is 0 Å². The second-order valence-corrected chi connectivity index (χ2v) is 6.33. The van der Waals surface area contributed by atoms with Gasteiger partial charge in [-0.2, -0.15) is 5.10 Å². The number of halogens is 1. The highest BCUT2D eigenvalue weighted by atomic mass is 19.1. The lowest BCUT2D eigenvalue weighted by Crippen LogP contribution is -2.25. The molecule has 4 rings (SSSR count). The number of aryl methyl sites for hydroxylation is 1. The molecule has 0 saturated heterocycles. The Balaban J connectivity index is 1.40. The molecule has 5 nitrogen and oxygen atoms in total. The van der Waals surface area contributed by atoms with E-state index in [0.29, 0.717) is 29.5 Å². The number of furan rings is 1. The van der Waals surface area contributed by atoms with E-state index < -0.39 is 0 Å². The van der Waals surface area contributed by atoms with Gasteiger partial charge in [0, 0.05) is 23.7 Å². The topological polar surface area (TPSA) is 60.1 Å². The van der Waals surface area contributed by atoms with E-state index in [0.717, 1.165) is 11.3 Å². The minimum absolute atomic E-state index is 0.218. The summed E-state index contributed by atoms with van der Waals surface area (Å²) >= 11 is 0. The molecule has 4 aromatic rings. The van der Waals surface area contributed by atoms with Crippen LogP contribution in [-0.2, 0) is 6.42 Å². The van der Waals surface area contributed by atoms with Crippen LogP contribution in [0.1, 0.15) is 21.7 Å². The standard InChI is InChI=1S/C21H18FN3O2/c1-14-18-11-16(22)7-8-19(18)27-20(14)21(26)23-10-9-15-12-24-25(13-15)17-5-3-2-4-6-17/h2-8,11-13H,9-10H2,1H3,(H,23,26). The smallest absolute Gasteiger partial charge is 0.287 e. The predicted octanol–water partition coefficient (Wildman–Crippen LogP) is 4.04. The number of amides is 1. The molecular formula is C21H18FN3O2. The van der Waals surface area contributed by atoms with Gasteiger partial charge in [-0.05, 0) is 49.2 Å². The number of carbonyl (C=O) groups is 1. The first kappa shape index (κ1) is 17.0. The number of benzene rings is 2. The molecule has 0 radical (unpaired) electrons. The molecule has 0 aliphatic carbocycles. The Hall–Kier alpha value is -3.41. The van der Waals surface area contributed by atoms with E-state index in [-0.39, 0.29) is 17.5 Å². The molecule has 2 aromatic heterocycles. The average Bonchev–Trinajstić information content (AvgIpc) is 3.28. The van der Waals surface area contributed by atoms with Crippen LogP contribution in [0.15, 0.2) is 65.3 Å². The van der Waals surface area contributed by atoms with E-state index in [1.807, 2.05) is 36.5 Å². The van der Waals surface area contributed by atoms with E-state index >= 15 is 0 Å². The molecule has 0 bridgehead atoms. The van der Waals surface area contributed by atoms with Crippen molar-refractivity contribution in [1.82, 2.24) is 15.1 Å². The third kappa shape index (κ3) is 3.46. The van der Waals surface area contributed by atoms with Gasteiger partial charge >= 0.3 is 0 Å². The minimum Gasteiger partial charge on any atom is -0.451 e. The first-order valence-corrected chi connectivity index (χ1v) is 8.67. The molecule has 1 N–H and O–H groups in total. The quantitative estimate of drug-likeness (QED) is 0.582. The monoisotopic (exact) mass is 363 g/mol. The van der Waals surface area contributed by atoms with Gasteiger partial charge < -0.3 is 9.73 Å². The number of aromatic nitrogens is 2. The van der Waals surface area contributed by atoms with Crippen molar-refractivity contribution >= 4 is 16.9 Å². The Morgan fingerprint density at radius 2 is 2.04 bits per heavy atom. The number of nitrogens with one attached hydrogen (secondary N) is 1. The Morgan fingerprint density at radius 1 is 1.22 bits per heavy atom. The summed E-state index contributed by atoms with van der Waals surface area (Å²) in [5.41, 5.74) is 3.14. The van der Waals surface area contributed by atoms with E-state index in [9.17, 15) is 9.18 Å². The summed E-state index contributed by atoms with van der Waals surface area (Å²) in [6.07, 6.45) is 4.37. The van der Waals surface area contributed by atoms with E-state index in [1.165, 1.54) is 18.2 Å². The second kappa shape index (κ2) is 7.07. The summed E-state index contributed by atoms with van der Waals surface area (Å²) in [5, 5.41) is 7.81. The molecule has 0 aliphatic heterocycles. The van der Waals surface area contributed by atoms with Crippen molar-refractivity contribution in [2.24, 2.45) is 0 Å². The highest BCUT2D eigenvalue weighted by Gasteiger charge is 2.17. The molecule has 27 heavy (non-hydrogen) atoms. The van der Waals surface area contributed by atoms with Crippen LogP contribution in [-0.4, -0.2) is 22.2 Å². The maximum Gasteiger partial charge on any atom is 0.287 e. The van der Waals surface area contributed by atoms with Crippen LogP contribution < -0.4 is 5.32 Å². The number of carbonyl (C=O) groups excluding carboxylic acids is 1. The zero-order valence-electron chi connectivity index (χ0n) is 14.8. The Kier molecular flexibility index (Phi) is 4.46. The summed E-state index contributed by atoms with van der Waals surface area (Å²) in [5.74, 6) is -0.441. The summed E-state index contributed by atoms with van der Waals surface area (Å²) in [7, 11) is 0. The van der Waals surface area contributed by atoms with Gasteiger partial charge in [-0.1, -0.05) is 18.2 Å². The van der Waals surface area contributed by atoms with Crippen LogP contribution in [0.5, 0.6) is 0 Å². The van der Waals surface area contributed by atoms with Crippen molar-refractivity contribution in [3.8, 4) is 5.69 Å². The highest BCUT2D eigenvalue weighted by molar-refractivity contribution is 5.98. The number of fused-ring (bicyclic) bond motifs is 1. The zero-order valence-corrected chi connectivity index (χ0v) is 14.8. The summed E-state index contributed by atoms with van der Waals surface area (Å²) in [4.78, 5) is 12.4. The summed E-state index contributed by atoms with van der Waals surface area (Å²) in [6, 6.07) is 14.1. The number of hydrogen-bond acceptors (Lipinski definition) is 3. The largest absolute Gasteiger partial charge is 0.451 e. The fourth-order valence-electron chi connectivity index (χ4n) is 3.02. The van der Waals surface area contributed by atoms with Gasteiger partial charge in [0.25, 0.3) is 5.91 Å². The predicted molar refractivity (Wildman–Crippen MR) is 101 cm³/mol. The maximum absolute atomic E-state index is 13.4. The number of nitrogens with zero attached hydrogens (tertiary/aromatic N) is 2. The first-order chi connectivity index (χ1) is 13.1. The molecule has 1 amide bonds. The SMILES string of the molecule is Cc1c(C(=O)NCCc2cnn(-c3ccccc3)c2)oc2ccc(F)cc12. The molecule has 0 saturated carbocycles. The first-order valence-electron chi connectivity index (χ1n) is 8.67. The molecule has 2 heterocycles. The summed E-state index contributed by atoms with van der Waals surface area (Å²) in [6.45, 7) is 2.20. The molecule has 2 aromatic carbocycles. The number of hydrogen-bond donors (Lipinski definition) is 1. The van der Waals surface area contributed by atoms with Crippen molar-refractivity contribution in [3.05, 3.63) is 83.6 Å². The van der Waals surface area contributed by atoms with Crippen molar-refractivity contribution in [3.63, 3.8) is 0 Å². The van der Waals surface area contributed by atoms with E-state index in [2.05, 4.69) is 10.4 Å². The Labute approximate surface area is 155 Å². The molecule has 0 atom stereocenters. The Bertz CT molecular complexity index is 1100. The third-order valence-electron chi connectivity index (χ3n) is 4.46. The van der Waals surface area contributed by atoms with Crippen molar-refractivity contribution < 1.29 is 13.6 Å². The van der Waals surface area contributed by atoms with Gasteiger partial charge in [-0.3, -0.25) is 4.79 Å². The number of rotatable bonds is 5. The fraction of sp³-hybridized carbons (Fsp3) is 0.143. The van der Waals surface area contributed by atoms with Gasteiger partial charge in [0.1, 0.15) is 11.4 Å². The molecule has 0 fully saturated rings. The van der Waals surface area contributed by atoms with E-state index in [1.54, 1.807) is 17.8 Å². The van der Waals surface area contributed by atoms with Gasteiger partial charge in [0.15, 0.2) is 5.76 Å².